The summed E-state index contributed by atoms with van der Waals surface area (Å²) in [6.07, 6.45) is 2.63. The van der Waals surface area contributed by atoms with Gasteiger partial charge in [-0.2, -0.15) is 0 Å². The van der Waals surface area contributed by atoms with E-state index in [4.69, 9.17) is 11.6 Å². The molecule has 0 radical (unpaired) electrons. The van der Waals surface area contributed by atoms with Crippen LogP contribution in [0.15, 0.2) is 24.3 Å². The lowest BCUT2D eigenvalue weighted by atomic mass is 10.2. The Hall–Kier alpha value is -1.39. The maximum Gasteiger partial charge on any atom is 0.159 e. The number of likely N-dealkylation sites (tertiary alicyclic amines) is 1. The van der Waals surface area contributed by atoms with E-state index in [9.17, 15) is 0 Å². The molecular formula is C15H19ClN4. The zero-order valence-corrected chi connectivity index (χ0v) is 12.4. The Kier molecular flexibility index (Phi) is 4.03. The van der Waals surface area contributed by atoms with Crippen molar-refractivity contribution in [2.75, 3.05) is 25.0 Å². The molecule has 0 amide bonds. The van der Waals surface area contributed by atoms with Gasteiger partial charge in [0.1, 0.15) is 0 Å². The maximum absolute atomic E-state index is 6.09. The number of halogens is 1. The van der Waals surface area contributed by atoms with E-state index in [0.29, 0.717) is 11.2 Å². The van der Waals surface area contributed by atoms with Gasteiger partial charge in [-0.05, 0) is 32.9 Å². The Bertz CT molecular complexity index is 595. The number of fused-ring (bicyclic) bond motifs is 1. The zero-order chi connectivity index (χ0) is 13.9. The molecule has 0 aliphatic carbocycles. The first-order chi connectivity index (χ1) is 9.74. The first-order valence-corrected chi connectivity index (χ1v) is 7.51. The Balaban J connectivity index is 1.78. The highest BCUT2D eigenvalue weighted by Gasteiger charge is 2.16. The maximum atomic E-state index is 6.09. The predicted octanol–water partition coefficient (Wildman–Crippen LogP) is 3.18. The van der Waals surface area contributed by atoms with Crippen LogP contribution >= 0.6 is 11.6 Å². The van der Waals surface area contributed by atoms with Crippen molar-refractivity contribution in [2.24, 2.45) is 0 Å². The molecule has 4 nitrogen and oxygen atoms in total. The average molecular weight is 291 g/mol. The molecule has 1 aliphatic rings. The number of aromatic nitrogens is 2. The summed E-state index contributed by atoms with van der Waals surface area (Å²) >= 11 is 6.09. The number of nitrogens with zero attached hydrogens (tertiary/aromatic N) is 3. The highest BCUT2D eigenvalue weighted by Crippen LogP contribution is 2.26. The second-order valence-corrected chi connectivity index (χ2v) is 5.80. The van der Waals surface area contributed by atoms with Crippen molar-refractivity contribution in [3.05, 3.63) is 29.4 Å². The summed E-state index contributed by atoms with van der Waals surface area (Å²) in [4.78, 5) is 2.49. The van der Waals surface area contributed by atoms with Gasteiger partial charge in [0.25, 0.3) is 0 Å². The monoisotopic (exact) mass is 290 g/mol. The Labute approximate surface area is 124 Å². The van der Waals surface area contributed by atoms with Gasteiger partial charge >= 0.3 is 0 Å². The fourth-order valence-electron chi connectivity index (χ4n) is 2.81. The fourth-order valence-corrected chi connectivity index (χ4v) is 3.01. The van der Waals surface area contributed by atoms with Crippen LogP contribution in [0, 0.1) is 0 Å². The second kappa shape index (κ2) is 5.94. The predicted molar refractivity (Wildman–Crippen MR) is 83.3 cm³/mol. The Morgan fingerprint density at radius 3 is 2.65 bits per heavy atom. The normalized spacial score (nSPS) is 17.5. The molecule has 1 atom stereocenters. The van der Waals surface area contributed by atoms with Crippen molar-refractivity contribution >= 4 is 28.2 Å². The molecule has 0 spiro atoms. The highest BCUT2D eigenvalue weighted by atomic mass is 35.5. The number of hydrogen-bond donors (Lipinski definition) is 1. The molecule has 1 aliphatic heterocycles. The third-order valence-electron chi connectivity index (χ3n) is 3.76. The molecule has 5 heteroatoms. The van der Waals surface area contributed by atoms with Crippen molar-refractivity contribution in [1.29, 1.82) is 0 Å². The van der Waals surface area contributed by atoms with Gasteiger partial charge < -0.3 is 10.2 Å². The van der Waals surface area contributed by atoms with E-state index in [1.807, 2.05) is 24.3 Å². The van der Waals surface area contributed by atoms with Crippen LogP contribution in [0.3, 0.4) is 0 Å². The Morgan fingerprint density at radius 1 is 1.20 bits per heavy atom. The first-order valence-electron chi connectivity index (χ1n) is 7.14. The minimum Gasteiger partial charge on any atom is -0.364 e. The molecule has 106 valence electrons. The molecule has 1 aromatic carbocycles. The van der Waals surface area contributed by atoms with E-state index in [-0.39, 0.29) is 0 Å². The molecule has 3 rings (SSSR count). The third-order valence-corrected chi connectivity index (χ3v) is 4.04. The quantitative estimate of drug-likeness (QED) is 0.939. The van der Waals surface area contributed by atoms with E-state index in [2.05, 4.69) is 27.3 Å². The van der Waals surface area contributed by atoms with Gasteiger partial charge in [-0.25, -0.2) is 0 Å². The van der Waals surface area contributed by atoms with Crippen LogP contribution in [-0.2, 0) is 0 Å². The van der Waals surface area contributed by atoms with Crippen LogP contribution in [0.1, 0.15) is 19.8 Å². The molecule has 20 heavy (non-hydrogen) atoms. The van der Waals surface area contributed by atoms with Gasteiger partial charge in [0.05, 0.1) is 0 Å². The summed E-state index contributed by atoms with van der Waals surface area (Å²) in [5, 5.41) is 14.1. The largest absolute Gasteiger partial charge is 0.364 e. The van der Waals surface area contributed by atoms with Crippen molar-refractivity contribution < 1.29 is 0 Å². The lowest BCUT2D eigenvalue weighted by molar-refractivity contribution is 0.327. The van der Waals surface area contributed by atoms with Crippen LogP contribution in [0.25, 0.3) is 10.8 Å². The van der Waals surface area contributed by atoms with Crippen molar-refractivity contribution in [3.8, 4) is 0 Å². The average Bonchev–Trinajstić information content (AvgIpc) is 2.95. The molecule has 1 unspecified atom stereocenters. The summed E-state index contributed by atoms with van der Waals surface area (Å²) in [6, 6.07) is 8.31. The number of anilines is 1. The fraction of sp³-hybridized carbons (Fsp3) is 0.467. The summed E-state index contributed by atoms with van der Waals surface area (Å²) in [7, 11) is 0. The molecular weight excluding hydrogens is 272 g/mol. The standard InChI is InChI=1S/C15H19ClN4/c1-11(10-20-8-4-5-9-20)17-15-13-7-3-2-6-12(13)14(16)18-19-15/h2-3,6-7,11H,4-5,8-10H2,1H3,(H,17,19). The lowest BCUT2D eigenvalue weighted by Crippen LogP contribution is -2.33. The number of rotatable bonds is 4. The third kappa shape index (κ3) is 2.86. The van der Waals surface area contributed by atoms with E-state index in [1.165, 1.54) is 25.9 Å². The van der Waals surface area contributed by atoms with E-state index in [1.54, 1.807) is 0 Å². The van der Waals surface area contributed by atoms with E-state index < -0.39 is 0 Å². The summed E-state index contributed by atoms with van der Waals surface area (Å²) in [6.45, 7) is 5.64. The lowest BCUT2D eigenvalue weighted by Gasteiger charge is -2.22. The SMILES string of the molecule is CC(CN1CCCC1)Nc1nnc(Cl)c2ccccc12. The minimum absolute atomic E-state index is 0.340. The summed E-state index contributed by atoms with van der Waals surface area (Å²) < 4.78 is 0. The van der Waals surface area contributed by atoms with Gasteiger partial charge in [0.15, 0.2) is 11.0 Å². The van der Waals surface area contributed by atoms with Crippen molar-refractivity contribution in [1.82, 2.24) is 15.1 Å². The smallest absolute Gasteiger partial charge is 0.159 e. The van der Waals surface area contributed by atoms with Crippen molar-refractivity contribution in [2.45, 2.75) is 25.8 Å². The molecule has 2 heterocycles. The number of benzene rings is 1. The van der Waals surface area contributed by atoms with E-state index >= 15 is 0 Å². The molecule has 1 fully saturated rings. The number of hydrogen-bond acceptors (Lipinski definition) is 4. The zero-order valence-electron chi connectivity index (χ0n) is 11.6. The van der Waals surface area contributed by atoms with Crippen LogP contribution < -0.4 is 5.32 Å². The molecule has 1 aromatic heterocycles. The molecule has 2 aromatic rings. The molecule has 0 bridgehead atoms. The van der Waals surface area contributed by atoms with Gasteiger partial charge in [0, 0.05) is 23.4 Å². The van der Waals surface area contributed by atoms with Crippen molar-refractivity contribution in [3.63, 3.8) is 0 Å². The second-order valence-electron chi connectivity index (χ2n) is 5.44. The van der Waals surface area contributed by atoms with Crippen LogP contribution in [-0.4, -0.2) is 40.8 Å². The number of nitrogens with one attached hydrogen (secondary N) is 1. The van der Waals surface area contributed by atoms with Gasteiger partial charge in [-0.3, -0.25) is 0 Å². The van der Waals surface area contributed by atoms with E-state index in [0.717, 1.165) is 23.1 Å². The minimum atomic E-state index is 0.340. The topological polar surface area (TPSA) is 41.0 Å². The van der Waals surface area contributed by atoms with Gasteiger partial charge in [0.2, 0.25) is 0 Å². The first kappa shape index (κ1) is 13.6. The molecule has 1 N–H and O–H groups in total. The highest BCUT2D eigenvalue weighted by molar-refractivity contribution is 6.34. The van der Waals surface area contributed by atoms with Gasteiger partial charge in [-0.15, -0.1) is 10.2 Å². The van der Waals surface area contributed by atoms with Crippen LogP contribution in [0.5, 0.6) is 0 Å². The van der Waals surface area contributed by atoms with Crippen LogP contribution in [0.4, 0.5) is 5.82 Å². The molecule has 1 saturated heterocycles. The van der Waals surface area contributed by atoms with Gasteiger partial charge in [-0.1, -0.05) is 35.9 Å². The Morgan fingerprint density at radius 2 is 1.90 bits per heavy atom. The van der Waals surface area contributed by atoms with Crippen LogP contribution in [0.2, 0.25) is 5.15 Å². The summed E-state index contributed by atoms with van der Waals surface area (Å²) in [5.41, 5.74) is 0. The summed E-state index contributed by atoms with van der Waals surface area (Å²) in [5.74, 6) is 0.816. The molecule has 0 saturated carbocycles.